The summed E-state index contributed by atoms with van der Waals surface area (Å²) in [5.74, 6) is -0.772. The molecule has 0 radical (unpaired) electrons. The first-order valence-electron chi connectivity index (χ1n) is 12.1. The van der Waals surface area contributed by atoms with E-state index < -0.39 is 6.04 Å². The molecule has 1 atom stereocenters. The maximum atomic E-state index is 14.2. The Hall–Kier alpha value is -3.85. The lowest BCUT2D eigenvalue weighted by atomic mass is 9.95. The van der Waals surface area contributed by atoms with Gasteiger partial charge in [0.25, 0.3) is 5.91 Å². The topological polar surface area (TPSA) is 76.2 Å². The van der Waals surface area contributed by atoms with Crippen molar-refractivity contribution in [3.05, 3.63) is 88.9 Å². The molecule has 0 bridgehead atoms. The van der Waals surface area contributed by atoms with Gasteiger partial charge in [0.15, 0.2) is 0 Å². The molecule has 37 heavy (non-hydrogen) atoms. The number of nitrogens with zero attached hydrogens (tertiary/aromatic N) is 4. The first kappa shape index (κ1) is 24.8. The number of para-hydroxylation sites is 1. The van der Waals surface area contributed by atoms with E-state index in [9.17, 15) is 18.8 Å². The molecule has 0 aromatic heterocycles. The molecule has 3 aliphatic heterocycles. The van der Waals surface area contributed by atoms with E-state index in [1.54, 1.807) is 53.4 Å². The lowest BCUT2D eigenvalue weighted by molar-refractivity contribution is -0.137. The Bertz CT molecular complexity index is 1290. The highest BCUT2D eigenvalue weighted by Gasteiger charge is 2.44. The molecule has 4 amide bonds. The standard InChI is InChI=1S/C27H27ClFN5O3/c1-2-10-34-22-16-33(26(36)24(22)25(30-27(34)37)18-6-5-7-19(28)15-18)17-23(35)32-13-11-31(12-14-32)21-9-4-3-8-20(21)29/h2-9,15,25H,1,10-14,16-17H2,(H,30,37). The van der Waals surface area contributed by atoms with E-state index in [0.717, 1.165) is 0 Å². The molecule has 192 valence electrons. The van der Waals surface area contributed by atoms with Crippen molar-refractivity contribution in [2.75, 3.05) is 50.7 Å². The van der Waals surface area contributed by atoms with E-state index in [2.05, 4.69) is 11.9 Å². The second-order valence-electron chi connectivity index (χ2n) is 9.18. The van der Waals surface area contributed by atoms with E-state index in [4.69, 9.17) is 11.6 Å². The van der Waals surface area contributed by atoms with Crippen molar-refractivity contribution < 1.29 is 18.8 Å². The predicted octanol–water partition coefficient (Wildman–Crippen LogP) is 3.18. The van der Waals surface area contributed by atoms with E-state index >= 15 is 0 Å². The third-order valence-electron chi connectivity index (χ3n) is 6.94. The number of halogens is 2. The fraction of sp³-hybridized carbons (Fsp3) is 0.296. The molecule has 0 aliphatic carbocycles. The summed E-state index contributed by atoms with van der Waals surface area (Å²) in [6.45, 7) is 5.85. The number of carbonyl (C=O) groups excluding carboxylic acids is 3. The van der Waals surface area contributed by atoms with Gasteiger partial charge in [0, 0.05) is 37.7 Å². The highest BCUT2D eigenvalue weighted by molar-refractivity contribution is 6.30. The van der Waals surface area contributed by atoms with Crippen LogP contribution in [0.3, 0.4) is 0 Å². The highest BCUT2D eigenvalue weighted by atomic mass is 35.5. The van der Waals surface area contributed by atoms with Gasteiger partial charge in [-0.3, -0.25) is 14.5 Å². The van der Waals surface area contributed by atoms with Crippen molar-refractivity contribution in [3.8, 4) is 0 Å². The van der Waals surface area contributed by atoms with Crippen molar-refractivity contribution in [2.24, 2.45) is 0 Å². The summed E-state index contributed by atoms with van der Waals surface area (Å²) in [6, 6.07) is 12.6. The first-order chi connectivity index (χ1) is 17.9. The Labute approximate surface area is 219 Å². The first-order valence-corrected chi connectivity index (χ1v) is 12.5. The average molecular weight is 524 g/mol. The molecule has 10 heteroatoms. The molecule has 2 aromatic carbocycles. The molecule has 3 aliphatic rings. The van der Waals surface area contributed by atoms with Gasteiger partial charge in [-0.15, -0.1) is 6.58 Å². The maximum Gasteiger partial charge on any atom is 0.322 e. The normalized spacial score (nSPS) is 19.8. The molecule has 1 N–H and O–H groups in total. The largest absolute Gasteiger partial charge is 0.366 e. The molecule has 5 rings (SSSR count). The number of piperazine rings is 1. The molecule has 2 aromatic rings. The van der Waals surface area contributed by atoms with Crippen LogP contribution >= 0.6 is 11.6 Å². The molecular weight excluding hydrogens is 497 g/mol. The van der Waals surface area contributed by atoms with E-state index in [1.165, 1.54) is 15.9 Å². The van der Waals surface area contributed by atoms with Crippen molar-refractivity contribution in [1.82, 2.24) is 20.0 Å². The minimum atomic E-state index is -0.667. The number of hydrogen-bond donors (Lipinski definition) is 1. The number of rotatable bonds is 6. The zero-order chi connectivity index (χ0) is 26.1. The SMILES string of the molecule is C=CCN1C(=O)NC(c2cccc(Cl)c2)C2=C1CN(CC(=O)N1CCN(c3ccccc3F)CC1)C2=O. The lowest BCUT2D eigenvalue weighted by Gasteiger charge is -2.36. The van der Waals surface area contributed by atoms with Crippen LogP contribution in [0, 0.1) is 5.82 Å². The number of anilines is 1. The molecule has 1 saturated heterocycles. The predicted molar refractivity (Wildman–Crippen MR) is 138 cm³/mol. The van der Waals surface area contributed by atoms with Crippen LogP contribution in [0.4, 0.5) is 14.9 Å². The van der Waals surface area contributed by atoms with Crippen LogP contribution in [-0.2, 0) is 9.59 Å². The van der Waals surface area contributed by atoms with Crippen LogP contribution in [0.2, 0.25) is 5.02 Å². The van der Waals surface area contributed by atoms with Gasteiger partial charge in [0.2, 0.25) is 5.91 Å². The smallest absolute Gasteiger partial charge is 0.322 e. The summed E-state index contributed by atoms with van der Waals surface area (Å²) >= 11 is 6.18. The fourth-order valence-electron chi connectivity index (χ4n) is 5.10. The van der Waals surface area contributed by atoms with E-state index in [-0.39, 0.29) is 43.3 Å². The van der Waals surface area contributed by atoms with Gasteiger partial charge in [-0.1, -0.05) is 41.9 Å². The van der Waals surface area contributed by atoms with Gasteiger partial charge in [-0.25, -0.2) is 9.18 Å². The summed E-state index contributed by atoms with van der Waals surface area (Å²) in [6.07, 6.45) is 1.59. The van der Waals surface area contributed by atoms with Crippen LogP contribution in [0.5, 0.6) is 0 Å². The number of carbonyl (C=O) groups is 3. The highest BCUT2D eigenvalue weighted by Crippen LogP contribution is 2.37. The molecule has 8 nitrogen and oxygen atoms in total. The van der Waals surface area contributed by atoms with Gasteiger partial charge in [0.1, 0.15) is 12.4 Å². The number of nitrogens with one attached hydrogen (secondary N) is 1. The molecule has 1 unspecified atom stereocenters. The monoisotopic (exact) mass is 523 g/mol. The van der Waals surface area contributed by atoms with E-state index in [0.29, 0.717) is 53.7 Å². The molecule has 3 heterocycles. The molecule has 0 saturated carbocycles. The molecule has 0 spiro atoms. The number of hydrogen-bond acceptors (Lipinski definition) is 4. The molecule has 1 fully saturated rings. The summed E-state index contributed by atoms with van der Waals surface area (Å²) < 4.78 is 14.2. The van der Waals surface area contributed by atoms with Gasteiger partial charge in [-0.05, 0) is 29.8 Å². The summed E-state index contributed by atoms with van der Waals surface area (Å²) in [5.41, 5.74) is 2.21. The Morgan fingerprint density at radius 3 is 2.57 bits per heavy atom. The number of amides is 4. The van der Waals surface area contributed by atoms with Crippen LogP contribution in [0.25, 0.3) is 0 Å². The second kappa shape index (κ2) is 10.3. The van der Waals surface area contributed by atoms with Crippen molar-refractivity contribution in [1.29, 1.82) is 0 Å². The summed E-state index contributed by atoms with van der Waals surface area (Å²) in [5, 5.41) is 3.40. The third-order valence-corrected chi connectivity index (χ3v) is 7.18. The zero-order valence-corrected chi connectivity index (χ0v) is 21.0. The lowest BCUT2D eigenvalue weighted by Crippen LogP contribution is -2.51. The van der Waals surface area contributed by atoms with Gasteiger partial charge in [-0.2, -0.15) is 0 Å². The summed E-state index contributed by atoms with van der Waals surface area (Å²) in [4.78, 5) is 46.2. The minimum absolute atomic E-state index is 0.107. The van der Waals surface area contributed by atoms with Crippen molar-refractivity contribution in [3.63, 3.8) is 0 Å². The average Bonchev–Trinajstić information content (AvgIpc) is 3.21. The minimum Gasteiger partial charge on any atom is -0.366 e. The van der Waals surface area contributed by atoms with Gasteiger partial charge >= 0.3 is 6.03 Å². The van der Waals surface area contributed by atoms with Crippen molar-refractivity contribution >= 4 is 35.1 Å². The van der Waals surface area contributed by atoms with Gasteiger partial charge < -0.3 is 20.0 Å². The third kappa shape index (κ3) is 4.79. The maximum absolute atomic E-state index is 14.2. The van der Waals surface area contributed by atoms with E-state index in [1.807, 2.05) is 4.90 Å². The number of urea groups is 1. The Morgan fingerprint density at radius 2 is 1.86 bits per heavy atom. The molecular formula is C27H27ClFN5O3. The Morgan fingerprint density at radius 1 is 1.11 bits per heavy atom. The second-order valence-corrected chi connectivity index (χ2v) is 9.61. The zero-order valence-electron chi connectivity index (χ0n) is 20.2. The fourth-order valence-corrected chi connectivity index (χ4v) is 5.30. The Kier molecular flexibility index (Phi) is 6.88. The van der Waals surface area contributed by atoms with Crippen LogP contribution < -0.4 is 10.2 Å². The quantitative estimate of drug-likeness (QED) is 0.590. The van der Waals surface area contributed by atoms with Crippen molar-refractivity contribution in [2.45, 2.75) is 6.04 Å². The number of benzene rings is 2. The van der Waals surface area contributed by atoms with Crippen LogP contribution in [0.1, 0.15) is 11.6 Å². The summed E-state index contributed by atoms with van der Waals surface area (Å²) in [7, 11) is 0. The Balaban J connectivity index is 1.30. The van der Waals surface area contributed by atoms with Gasteiger partial charge in [0.05, 0.1) is 29.5 Å². The van der Waals surface area contributed by atoms with Crippen LogP contribution in [-0.4, -0.2) is 78.4 Å². The van der Waals surface area contributed by atoms with Crippen LogP contribution in [0.15, 0.2) is 72.5 Å².